The Morgan fingerprint density at radius 1 is 1.06 bits per heavy atom. The molecular formula is C28H38N2O5. The average Bonchev–Trinajstić information content (AvgIpc) is 2.88. The topological polar surface area (TPSA) is 81.0 Å². The number of carbonyl (C=O) groups excluding carboxylic acids is 1. The van der Waals surface area contributed by atoms with Crippen molar-refractivity contribution in [2.75, 3.05) is 48.1 Å². The first-order valence-corrected chi connectivity index (χ1v) is 11.9. The Morgan fingerprint density at radius 3 is 2.43 bits per heavy atom. The van der Waals surface area contributed by atoms with Gasteiger partial charge in [-0.25, -0.2) is 4.79 Å². The van der Waals surface area contributed by atoms with Crippen LogP contribution in [0.4, 0.5) is 0 Å². The fourth-order valence-corrected chi connectivity index (χ4v) is 4.18. The van der Waals surface area contributed by atoms with Crippen LogP contribution < -0.4 is 14.2 Å². The van der Waals surface area contributed by atoms with Crippen molar-refractivity contribution in [1.29, 1.82) is 5.26 Å². The molecule has 0 N–H and O–H groups in total. The molecule has 0 radical (unpaired) electrons. The van der Waals surface area contributed by atoms with E-state index < -0.39 is 11.4 Å². The van der Waals surface area contributed by atoms with Crippen LogP contribution in [0.1, 0.15) is 37.8 Å². The molecule has 0 aromatic heterocycles. The van der Waals surface area contributed by atoms with E-state index >= 15 is 0 Å². The van der Waals surface area contributed by atoms with E-state index in [0.29, 0.717) is 17.2 Å². The number of benzene rings is 2. The molecule has 0 fully saturated rings. The molecule has 1 atom stereocenters. The fraction of sp³-hybridized carbons (Fsp3) is 0.500. The molecule has 2 aromatic rings. The van der Waals surface area contributed by atoms with Crippen molar-refractivity contribution in [3.05, 3.63) is 53.6 Å². The smallest absolute Gasteiger partial charge is 0.343 e. The summed E-state index contributed by atoms with van der Waals surface area (Å²) < 4.78 is 20.9. The third-order valence-corrected chi connectivity index (χ3v) is 6.46. The molecule has 0 bridgehead atoms. The molecule has 1 unspecified atom stereocenters. The number of likely N-dealkylation sites (N-methyl/N-ethyl adjacent to an activating group) is 1. The van der Waals surface area contributed by atoms with E-state index in [9.17, 15) is 10.1 Å². The molecule has 2 rings (SSSR count). The zero-order chi connectivity index (χ0) is 25.8. The zero-order valence-electron chi connectivity index (χ0n) is 21.8. The Kier molecular flexibility index (Phi) is 10.9. The summed E-state index contributed by atoms with van der Waals surface area (Å²) in [5.74, 6) is 1.69. The van der Waals surface area contributed by atoms with Crippen LogP contribution in [0.25, 0.3) is 0 Å². The summed E-state index contributed by atoms with van der Waals surface area (Å²) >= 11 is 0. The number of esters is 1. The number of hydrogen-bond acceptors (Lipinski definition) is 7. The van der Waals surface area contributed by atoms with E-state index in [1.165, 1.54) is 7.11 Å². The largest absolute Gasteiger partial charge is 0.493 e. The van der Waals surface area contributed by atoms with Gasteiger partial charge in [0.25, 0.3) is 0 Å². The van der Waals surface area contributed by atoms with E-state index in [1.807, 2.05) is 36.4 Å². The minimum atomic E-state index is -0.605. The summed E-state index contributed by atoms with van der Waals surface area (Å²) in [5.41, 5.74) is 1.49. The highest BCUT2D eigenvalue weighted by molar-refractivity contribution is 5.70. The van der Waals surface area contributed by atoms with Crippen LogP contribution in [0.5, 0.6) is 17.2 Å². The van der Waals surface area contributed by atoms with Crippen LogP contribution in [-0.2, 0) is 21.4 Å². The molecule has 0 amide bonds. The van der Waals surface area contributed by atoms with Gasteiger partial charge in [-0.15, -0.1) is 0 Å². The first-order valence-electron chi connectivity index (χ1n) is 11.9. The third kappa shape index (κ3) is 7.63. The van der Waals surface area contributed by atoms with Gasteiger partial charge in [0.2, 0.25) is 0 Å². The average molecular weight is 483 g/mol. The molecule has 7 heteroatoms. The van der Waals surface area contributed by atoms with Gasteiger partial charge in [-0.05, 0) is 74.2 Å². The molecule has 2 aromatic carbocycles. The number of rotatable bonds is 14. The van der Waals surface area contributed by atoms with Gasteiger partial charge in [-0.2, -0.15) is 5.26 Å². The van der Waals surface area contributed by atoms with Crippen LogP contribution in [0.3, 0.4) is 0 Å². The van der Waals surface area contributed by atoms with Crippen molar-refractivity contribution in [1.82, 2.24) is 4.90 Å². The number of hydrogen-bond donors (Lipinski definition) is 0. The normalized spacial score (nSPS) is 12.7. The van der Waals surface area contributed by atoms with Gasteiger partial charge in [0.05, 0.1) is 32.8 Å². The van der Waals surface area contributed by atoms with E-state index in [2.05, 4.69) is 42.7 Å². The monoisotopic (exact) mass is 482 g/mol. The second kappa shape index (κ2) is 13.6. The maximum absolute atomic E-state index is 11.3. The van der Waals surface area contributed by atoms with Crippen molar-refractivity contribution in [2.45, 2.75) is 38.5 Å². The quantitative estimate of drug-likeness (QED) is 0.363. The van der Waals surface area contributed by atoms with Gasteiger partial charge >= 0.3 is 5.97 Å². The fourth-order valence-electron chi connectivity index (χ4n) is 4.18. The van der Waals surface area contributed by atoms with E-state index in [-0.39, 0.29) is 12.5 Å². The maximum atomic E-state index is 11.3. The first-order chi connectivity index (χ1) is 16.8. The summed E-state index contributed by atoms with van der Waals surface area (Å²) in [7, 11) is 6.66. The molecule has 0 aliphatic heterocycles. The summed E-state index contributed by atoms with van der Waals surface area (Å²) in [6.07, 6.45) is 2.49. The first kappa shape index (κ1) is 28.0. The van der Waals surface area contributed by atoms with E-state index in [1.54, 1.807) is 14.2 Å². The van der Waals surface area contributed by atoms with Gasteiger partial charge in [-0.1, -0.05) is 32.0 Å². The predicted octanol–water partition coefficient (Wildman–Crippen LogP) is 4.63. The Labute approximate surface area is 209 Å². The van der Waals surface area contributed by atoms with Crippen molar-refractivity contribution < 1.29 is 23.7 Å². The lowest BCUT2D eigenvalue weighted by Gasteiger charge is -2.32. The third-order valence-electron chi connectivity index (χ3n) is 6.46. The highest BCUT2D eigenvalue weighted by Crippen LogP contribution is 2.40. The zero-order valence-corrected chi connectivity index (χ0v) is 21.8. The van der Waals surface area contributed by atoms with Crippen molar-refractivity contribution in [3.63, 3.8) is 0 Å². The maximum Gasteiger partial charge on any atom is 0.343 e. The molecular weight excluding hydrogens is 444 g/mol. The van der Waals surface area contributed by atoms with Crippen molar-refractivity contribution in [2.24, 2.45) is 5.92 Å². The van der Waals surface area contributed by atoms with E-state index in [4.69, 9.17) is 14.2 Å². The predicted molar refractivity (Wildman–Crippen MR) is 136 cm³/mol. The SMILES string of the molecule is COC(=O)COc1cccc(CCN(C)CCCC(C#N)(c2ccc(OC)c(OC)c2)C(C)C)c1. The van der Waals surface area contributed by atoms with Gasteiger partial charge in [0.1, 0.15) is 5.75 Å². The summed E-state index contributed by atoms with van der Waals surface area (Å²) in [6, 6.07) is 16.2. The number of nitrogens with zero attached hydrogens (tertiary/aromatic N) is 2. The standard InChI is InChI=1S/C28H38N2O5/c1-21(2)28(20-29,23-11-12-25(32-4)26(18-23)33-5)14-8-15-30(3)16-13-22-9-7-10-24(17-22)35-19-27(31)34-6/h7,9-12,17-18,21H,8,13-16,19H2,1-6H3. The summed E-state index contributed by atoms with van der Waals surface area (Å²) in [4.78, 5) is 13.6. The summed E-state index contributed by atoms with van der Waals surface area (Å²) in [5, 5.41) is 10.3. The van der Waals surface area contributed by atoms with Crippen LogP contribution in [-0.4, -0.2) is 58.9 Å². The van der Waals surface area contributed by atoms with Crippen LogP contribution in [0.2, 0.25) is 0 Å². The van der Waals surface area contributed by atoms with Crippen LogP contribution in [0, 0.1) is 17.2 Å². The molecule has 35 heavy (non-hydrogen) atoms. The van der Waals surface area contributed by atoms with E-state index in [0.717, 1.165) is 43.5 Å². The van der Waals surface area contributed by atoms with Crippen LogP contribution in [0.15, 0.2) is 42.5 Å². The second-order valence-electron chi connectivity index (χ2n) is 8.98. The van der Waals surface area contributed by atoms with Gasteiger partial charge < -0.3 is 23.8 Å². The highest BCUT2D eigenvalue weighted by atomic mass is 16.6. The Bertz CT molecular complexity index is 1000. The molecule has 190 valence electrons. The van der Waals surface area contributed by atoms with Crippen molar-refractivity contribution in [3.8, 4) is 23.3 Å². The molecule has 0 saturated heterocycles. The molecule has 0 aliphatic rings. The lowest BCUT2D eigenvalue weighted by atomic mass is 9.69. The number of carbonyl (C=O) groups is 1. The Balaban J connectivity index is 1.96. The van der Waals surface area contributed by atoms with Gasteiger partial charge in [0, 0.05) is 6.54 Å². The lowest BCUT2D eigenvalue weighted by Crippen LogP contribution is -2.32. The minimum Gasteiger partial charge on any atom is -0.493 e. The lowest BCUT2D eigenvalue weighted by molar-refractivity contribution is -0.142. The molecule has 0 aliphatic carbocycles. The number of ether oxygens (including phenoxy) is 4. The molecule has 0 saturated carbocycles. The minimum absolute atomic E-state index is 0.101. The van der Waals surface area contributed by atoms with Crippen molar-refractivity contribution >= 4 is 5.97 Å². The number of methoxy groups -OCH3 is 3. The van der Waals surface area contributed by atoms with Gasteiger partial charge in [-0.3, -0.25) is 0 Å². The Morgan fingerprint density at radius 2 is 1.80 bits per heavy atom. The van der Waals surface area contributed by atoms with Crippen LogP contribution >= 0.6 is 0 Å². The molecule has 0 heterocycles. The molecule has 0 spiro atoms. The number of nitriles is 1. The Hall–Kier alpha value is -3.24. The van der Waals surface area contributed by atoms with Gasteiger partial charge in [0.15, 0.2) is 18.1 Å². The molecule has 7 nitrogen and oxygen atoms in total. The summed E-state index contributed by atoms with van der Waals surface area (Å²) in [6.45, 7) is 5.84. The second-order valence-corrected chi connectivity index (χ2v) is 8.98. The highest BCUT2D eigenvalue weighted by Gasteiger charge is 2.36.